The van der Waals surface area contributed by atoms with E-state index >= 15 is 0 Å². The van der Waals surface area contributed by atoms with Crippen LogP contribution in [-0.4, -0.2) is 27.8 Å². The smallest absolute Gasteiger partial charge is 0.201 e. The number of Topliss-reactive ketones (excluding diaryl/α,β-unsaturated/α-hetero) is 1. The third-order valence-corrected chi connectivity index (χ3v) is 2.10. The summed E-state index contributed by atoms with van der Waals surface area (Å²) in [5, 5.41) is 14.7. The van der Waals surface area contributed by atoms with Crippen molar-refractivity contribution in [2.45, 2.75) is 38.8 Å². The molecule has 0 saturated carbocycles. The Morgan fingerprint density at radius 1 is 1.25 bits per heavy atom. The van der Waals surface area contributed by atoms with E-state index < -0.39 is 11.1 Å². The van der Waals surface area contributed by atoms with Gasteiger partial charge in [-0.25, -0.2) is 0 Å². The van der Waals surface area contributed by atoms with Crippen molar-refractivity contribution in [2.24, 2.45) is 5.16 Å². The van der Waals surface area contributed by atoms with E-state index in [9.17, 15) is 4.79 Å². The molecule has 1 aliphatic heterocycles. The van der Waals surface area contributed by atoms with Crippen LogP contribution in [0.2, 0.25) is 0 Å². The molecule has 0 unspecified atom stereocenters. The van der Waals surface area contributed by atoms with E-state index in [2.05, 4.69) is 10.5 Å². The highest BCUT2D eigenvalue weighted by Gasteiger charge is 2.49. The second-order valence-electron chi connectivity index (χ2n) is 4.15. The number of rotatable bonds is 0. The summed E-state index contributed by atoms with van der Waals surface area (Å²) in [4.78, 5) is 11.5. The van der Waals surface area contributed by atoms with Crippen LogP contribution in [0.3, 0.4) is 0 Å². The highest BCUT2D eigenvalue weighted by molar-refractivity contribution is 6.47. The molecule has 1 rings (SSSR count). The number of carbonyl (C=O) groups is 1. The number of hydrogen-bond acceptors (Lipinski definition) is 4. The summed E-state index contributed by atoms with van der Waals surface area (Å²) in [6, 6.07) is 0. The van der Waals surface area contributed by atoms with Gasteiger partial charge in [-0.15, -0.1) is 0 Å². The van der Waals surface area contributed by atoms with Crippen molar-refractivity contribution in [3.63, 3.8) is 0 Å². The minimum Gasteiger partial charge on any atom is -0.410 e. The fourth-order valence-electron chi connectivity index (χ4n) is 1.65. The van der Waals surface area contributed by atoms with E-state index in [1.165, 1.54) is 0 Å². The summed E-state index contributed by atoms with van der Waals surface area (Å²) in [5.74, 6) is -0.144. The Morgan fingerprint density at radius 3 is 1.92 bits per heavy atom. The summed E-state index contributed by atoms with van der Waals surface area (Å²) in [5.41, 5.74) is -0.951. The first-order valence-corrected chi connectivity index (χ1v) is 3.88. The molecule has 1 fully saturated rings. The van der Waals surface area contributed by atoms with Gasteiger partial charge in [0.1, 0.15) is 5.71 Å². The van der Waals surface area contributed by atoms with E-state index in [1.807, 2.05) is 13.8 Å². The summed E-state index contributed by atoms with van der Waals surface area (Å²) < 4.78 is 0. The van der Waals surface area contributed by atoms with Crippen LogP contribution in [0, 0.1) is 0 Å². The Morgan fingerprint density at radius 2 is 1.75 bits per heavy atom. The lowest BCUT2D eigenvalue weighted by Gasteiger charge is -2.21. The lowest BCUT2D eigenvalue weighted by atomic mass is 9.97. The van der Waals surface area contributed by atoms with Gasteiger partial charge in [0.2, 0.25) is 5.78 Å². The van der Waals surface area contributed by atoms with Gasteiger partial charge < -0.3 is 5.21 Å². The zero-order chi connectivity index (χ0) is 9.57. The Balaban J connectivity index is 3.14. The van der Waals surface area contributed by atoms with Crippen LogP contribution < -0.4 is 5.32 Å². The molecule has 0 aliphatic carbocycles. The van der Waals surface area contributed by atoms with Gasteiger partial charge in [-0.3, -0.25) is 10.1 Å². The molecule has 4 nitrogen and oxygen atoms in total. The first-order chi connectivity index (χ1) is 5.31. The Labute approximate surface area is 71.6 Å². The van der Waals surface area contributed by atoms with Gasteiger partial charge in [0.15, 0.2) is 0 Å². The molecule has 0 spiro atoms. The quantitative estimate of drug-likeness (QED) is 0.412. The lowest BCUT2D eigenvalue weighted by molar-refractivity contribution is -0.116. The molecule has 0 aromatic heterocycles. The topological polar surface area (TPSA) is 61.7 Å². The molecule has 0 aromatic carbocycles. The molecule has 68 valence electrons. The molecule has 12 heavy (non-hydrogen) atoms. The fraction of sp³-hybridized carbons (Fsp3) is 0.750. The molecule has 1 aliphatic rings. The third kappa shape index (κ3) is 1.12. The fourth-order valence-corrected chi connectivity index (χ4v) is 1.65. The number of nitrogens with one attached hydrogen (secondary N) is 1. The molecule has 1 saturated heterocycles. The summed E-state index contributed by atoms with van der Waals surface area (Å²) in [6.07, 6.45) is 0. The van der Waals surface area contributed by atoms with Crippen molar-refractivity contribution < 1.29 is 10.0 Å². The highest BCUT2D eigenvalue weighted by Crippen LogP contribution is 2.24. The largest absolute Gasteiger partial charge is 0.410 e. The van der Waals surface area contributed by atoms with Crippen LogP contribution in [0.4, 0.5) is 0 Å². The van der Waals surface area contributed by atoms with Gasteiger partial charge in [-0.1, -0.05) is 5.16 Å². The first-order valence-electron chi connectivity index (χ1n) is 3.88. The molecule has 4 heteroatoms. The second-order valence-corrected chi connectivity index (χ2v) is 4.15. The van der Waals surface area contributed by atoms with Crippen LogP contribution in [0.1, 0.15) is 27.7 Å². The number of ketones is 1. The average molecular weight is 170 g/mol. The summed E-state index contributed by atoms with van der Waals surface area (Å²) in [7, 11) is 0. The van der Waals surface area contributed by atoms with Crippen molar-refractivity contribution in [1.82, 2.24) is 5.32 Å². The molecular weight excluding hydrogens is 156 g/mol. The standard InChI is InChI=1S/C8H14N2O2/c1-7(2)5(9-12)6(11)8(3,4)10-7/h10,12H,1-4H3/b9-5+. The zero-order valence-corrected chi connectivity index (χ0v) is 7.80. The molecule has 0 aromatic rings. The van der Waals surface area contributed by atoms with Crippen molar-refractivity contribution in [2.75, 3.05) is 0 Å². The minimum atomic E-state index is -0.620. The molecule has 0 atom stereocenters. The normalized spacial score (nSPS) is 29.7. The number of oxime groups is 1. The van der Waals surface area contributed by atoms with E-state index in [-0.39, 0.29) is 11.5 Å². The van der Waals surface area contributed by atoms with Crippen molar-refractivity contribution in [3.8, 4) is 0 Å². The second kappa shape index (κ2) is 2.29. The van der Waals surface area contributed by atoms with Gasteiger partial charge in [0.05, 0.1) is 11.1 Å². The predicted octanol–water partition coefficient (Wildman–Crippen LogP) is 0.546. The van der Waals surface area contributed by atoms with Gasteiger partial charge in [-0.2, -0.15) is 0 Å². The van der Waals surface area contributed by atoms with Crippen LogP contribution in [0.25, 0.3) is 0 Å². The molecule has 0 bridgehead atoms. The molecule has 1 heterocycles. The molecule has 2 N–H and O–H groups in total. The average Bonchev–Trinajstić information content (AvgIpc) is 1.98. The molecular formula is C8H14N2O2. The zero-order valence-electron chi connectivity index (χ0n) is 7.80. The highest BCUT2D eigenvalue weighted by atomic mass is 16.4. The van der Waals surface area contributed by atoms with Gasteiger partial charge in [0.25, 0.3) is 0 Å². The summed E-state index contributed by atoms with van der Waals surface area (Å²) in [6.45, 7) is 7.17. The maximum Gasteiger partial charge on any atom is 0.201 e. The van der Waals surface area contributed by atoms with Crippen molar-refractivity contribution >= 4 is 11.5 Å². The number of carbonyl (C=O) groups excluding carboxylic acids is 1. The minimum absolute atomic E-state index is 0.144. The maximum absolute atomic E-state index is 11.5. The van der Waals surface area contributed by atoms with Gasteiger partial charge in [-0.05, 0) is 27.7 Å². The van der Waals surface area contributed by atoms with Gasteiger partial charge >= 0.3 is 0 Å². The van der Waals surface area contributed by atoms with E-state index in [4.69, 9.17) is 5.21 Å². The van der Waals surface area contributed by atoms with Crippen LogP contribution in [0.5, 0.6) is 0 Å². The number of nitrogens with zero attached hydrogens (tertiary/aromatic N) is 1. The van der Waals surface area contributed by atoms with E-state index in [0.29, 0.717) is 0 Å². The first kappa shape index (κ1) is 9.19. The molecule has 0 amide bonds. The van der Waals surface area contributed by atoms with E-state index in [1.54, 1.807) is 13.8 Å². The summed E-state index contributed by atoms with van der Waals surface area (Å²) >= 11 is 0. The van der Waals surface area contributed by atoms with Crippen molar-refractivity contribution in [1.29, 1.82) is 0 Å². The Bertz CT molecular complexity index is 254. The Hall–Kier alpha value is -0.900. The maximum atomic E-state index is 11.5. The lowest BCUT2D eigenvalue weighted by Crippen LogP contribution is -2.46. The predicted molar refractivity (Wildman–Crippen MR) is 45.5 cm³/mol. The SMILES string of the molecule is CC1(C)NC(C)(C)/C(=N/O)C1=O. The van der Waals surface area contributed by atoms with E-state index in [0.717, 1.165) is 0 Å². The van der Waals surface area contributed by atoms with Gasteiger partial charge in [0, 0.05) is 0 Å². The Kier molecular flexibility index (Phi) is 1.76. The number of hydrogen-bond donors (Lipinski definition) is 2. The van der Waals surface area contributed by atoms with Crippen LogP contribution in [0.15, 0.2) is 5.16 Å². The van der Waals surface area contributed by atoms with Crippen molar-refractivity contribution in [3.05, 3.63) is 0 Å². The monoisotopic (exact) mass is 170 g/mol. The third-order valence-electron chi connectivity index (χ3n) is 2.10. The molecule has 0 radical (unpaired) electrons. The van der Waals surface area contributed by atoms with Crippen LogP contribution in [-0.2, 0) is 4.79 Å². The van der Waals surface area contributed by atoms with Crippen LogP contribution >= 0.6 is 0 Å².